The fraction of sp³-hybridized carbons (Fsp3) is 0.231. The van der Waals surface area contributed by atoms with Crippen LogP contribution in [0.1, 0.15) is 18.2 Å². The number of carbonyl (C=O) groups is 1. The van der Waals surface area contributed by atoms with E-state index in [0.717, 1.165) is 22.7 Å². The lowest BCUT2D eigenvalue weighted by molar-refractivity contribution is -0.114. The Bertz CT molecular complexity index is 535. The van der Waals surface area contributed by atoms with Gasteiger partial charge in [0.15, 0.2) is 6.39 Å². The molecule has 0 spiro atoms. The fourth-order valence-electron chi connectivity index (χ4n) is 1.62. The zero-order valence-corrected chi connectivity index (χ0v) is 10.4. The van der Waals surface area contributed by atoms with Crippen LogP contribution < -0.4 is 10.6 Å². The minimum atomic E-state index is -0.0690. The number of nitrogens with zero attached hydrogens (tertiary/aromatic N) is 1. The Balaban J connectivity index is 2.02. The van der Waals surface area contributed by atoms with Crippen LogP contribution in [0.5, 0.6) is 0 Å². The van der Waals surface area contributed by atoms with E-state index in [-0.39, 0.29) is 5.91 Å². The van der Waals surface area contributed by atoms with Crippen molar-refractivity contribution in [1.29, 1.82) is 0 Å². The monoisotopic (exact) mass is 245 g/mol. The van der Waals surface area contributed by atoms with E-state index in [0.29, 0.717) is 6.54 Å². The van der Waals surface area contributed by atoms with Crippen LogP contribution >= 0.6 is 0 Å². The molecule has 1 amide bonds. The molecule has 0 aliphatic carbocycles. The van der Waals surface area contributed by atoms with Crippen LogP contribution in [0, 0.1) is 6.92 Å². The number of anilines is 2. The van der Waals surface area contributed by atoms with Gasteiger partial charge in [0, 0.05) is 18.3 Å². The molecule has 1 aromatic heterocycles. The molecule has 2 aromatic rings. The topological polar surface area (TPSA) is 67.2 Å². The summed E-state index contributed by atoms with van der Waals surface area (Å²) in [5.74, 6) is 0.707. The van der Waals surface area contributed by atoms with Crippen LogP contribution in [0.15, 0.2) is 35.2 Å². The molecule has 1 aromatic carbocycles. The van der Waals surface area contributed by atoms with Gasteiger partial charge in [0.2, 0.25) is 5.91 Å². The maximum absolute atomic E-state index is 11.0. The van der Waals surface area contributed by atoms with Gasteiger partial charge >= 0.3 is 0 Å². The third-order valence-corrected chi connectivity index (χ3v) is 2.49. The average Bonchev–Trinajstić information content (AvgIpc) is 2.82. The Morgan fingerprint density at radius 3 is 2.89 bits per heavy atom. The standard InChI is InChI=1S/C13H15N3O2/c1-9-5-11(3-4-13(9)16-10(2)17)15-7-12-6-14-8-18-12/h3-6,8,15H,7H2,1-2H3,(H,16,17). The van der Waals surface area contributed by atoms with Crippen LogP contribution in [0.3, 0.4) is 0 Å². The third kappa shape index (κ3) is 3.10. The van der Waals surface area contributed by atoms with E-state index in [4.69, 9.17) is 4.42 Å². The number of rotatable bonds is 4. The summed E-state index contributed by atoms with van der Waals surface area (Å²) < 4.78 is 5.13. The predicted molar refractivity (Wildman–Crippen MR) is 69.3 cm³/mol. The molecule has 0 saturated carbocycles. The number of hydrogen-bond acceptors (Lipinski definition) is 4. The van der Waals surface area contributed by atoms with E-state index in [2.05, 4.69) is 15.6 Å². The summed E-state index contributed by atoms with van der Waals surface area (Å²) in [6.45, 7) is 4.03. The normalized spacial score (nSPS) is 10.1. The second kappa shape index (κ2) is 5.35. The van der Waals surface area contributed by atoms with Gasteiger partial charge in [-0.2, -0.15) is 0 Å². The van der Waals surface area contributed by atoms with Gasteiger partial charge in [0.25, 0.3) is 0 Å². The fourth-order valence-corrected chi connectivity index (χ4v) is 1.62. The largest absolute Gasteiger partial charge is 0.447 e. The molecule has 0 fully saturated rings. The van der Waals surface area contributed by atoms with Crippen molar-refractivity contribution in [2.75, 3.05) is 10.6 Å². The molecular weight excluding hydrogens is 230 g/mol. The van der Waals surface area contributed by atoms with Gasteiger partial charge in [0.1, 0.15) is 5.76 Å². The maximum Gasteiger partial charge on any atom is 0.221 e. The summed E-state index contributed by atoms with van der Waals surface area (Å²) in [4.78, 5) is 14.8. The van der Waals surface area contributed by atoms with Crippen LogP contribution in [-0.4, -0.2) is 10.9 Å². The highest BCUT2D eigenvalue weighted by Gasteiger charge is 2.02. The van der Waals surface area contributed by atoms with Crippen molar-refractivity contribution in [2.24, 2.45) is 0 Å². The molecule has 1 heterocycles. The molecule has 0 bridgehead atoms. The van der Waals surface area contributed by atoms with Crippen molar-refractivity contribution in [3.8, 4) is 0 Å². The lowest BCUT2D eigenvalue weighted by atomic mass is 10.1. The molecule has 18 heavy (non-hydrogen) atoms. The first-order valence-corrected chi connectivity index (χ1v) is 5.64. The zero-order valence-electron chi connectivity index (χ0n) is 10.4. The number of hydrogen-bond donors (Lipinski definition) is 2. The van der Waals surface area contributed by atoms with E-state index in [1.165, 1.54) is 13.3 Å². The molecule has 0 aliphatic heterocycles. The summed E-state index contributed by atoms with van der Waals surface area (Å²) in [5.41, 5.74) is 2.80. The Morgan fingerprint density at radius 2 is 2.28 bits per heavy atom. The molecule has 2 rings (SSSR count). The van der Waals surface area contributed by atoms with Gasteiger partial charge in [-0.25, -0.2) is 4.98 Å². The first-order valence-electron chi connectivity index (χ1n) is 5.64. The van der Waals surface area contributed by atoms with Crippen LogP contribution in [-0.2, 0) is 11.3 Å². The number of nitrogens with one attached hydrogen (secondary N) is 2. The predicted octanol–water partition coefficient (Wildman–Crippen LogP) is 2.55. The second-order valence-electron chi connectivity index (χ2n) is 4.03. The van der Waals surface area contributed by atoms with Crippen molar-refractivity contribution >= 4 is 17.3 Å². The Labute approximate surface area is 105 Å². The second-order valence-corrected chi connectivity index (χ2v) is 4.03. The van der Waals surface area contributed by atoms with E-state index in [9.17, 15) is 4.79 Å². The number of aromatic nitrogens is 1. The quantitative estimate of drug-likeness (QED) is 0.868. The average molecular weight is 245 g/mol. The molecule has 0 unspecified atom stereocenters. The molecular formula is C13H15N3O2. The molecule has 2 N–H and O–H groups in total. The molecule has 0 atom stereocenters. The zero-order chi connectivity index (χ0) is 13.0. The summed E-state index contributed by atoms with van der Waals surface area (Å²) in [5, 5.41) is 6.00. The molecule has 5 heteroatoms. The smallest absolute Gasteiger partial charge is 0.221 e. The first-order chi connectivity index (χ1) is 8.65. The summed E-state index contributed by atoms with van der Waals surface area (Å²) >= 11 is 0. The number of oxazole rings is 1. The van der Waals surface area contributed by atoms with Gasteiger partial charge in [-0.1, -0.05) is 0 Å². The van der Waals surface area contributed by atoms with Gasteiger partial charge in [-0.05, 0) is 30.7 Å². The van der Waals surface area contributed by atoms with Gasteiger partial charge < -0.3 is 15.1 Å². The molecule has 94 valence electrons. The Morgan fingerprint density at radius 1 is 1.44 bits per heavy atom. The lowest BCUT2D eigenvalue weighted by Gasteiger charge is -2.10. The van der Waals surface area contributed by atoms with Gasteiger partial charge in [-0.3, -0.25) is 4.79 Å². The molecule has 5 nitrogen and oxygen atoms in total. The van der Waals surface area contributed by atoms with Gasteiger partial charge in [0.05, 0.1) is 12.7 Å². The Kier molecular flexibility index (Phi) is 3.62. The summed E-state index contributed by atoms with van der Waals surface area (Å²) in [6.07, 6.45) is 3.08. The highest BCUT2D eigenvalue weighted by atomic mass is 16.3. The molecule has 0 aliphatic rings. The maximum atomic E-state index is 11.0. The van der Waals surface area contributed by atoms with Crippen molar-refractivity contribution in [3.63, 3.8) is 0 Å². The van der Waals surface area contributed by atoms with Gasteiger partial charge in [-0.15, -0.1) is 0 Å². The van der Waals surface area contributed by atoms with Crippen LogP contribution in [0.2, 0.25) is 0 Å². The number of amides is 1. The van der Waals surface area contributed by atoms with Crippen LogP contribution in [0.4, 0.5) is 11.4 Å². The number of benzene rings is 1. The number of carbonyl (C=O) groups excluding carboxylic acids is 1. The number of aryl methyl sites for hydroxylation is 1. The summed E-state index contributed by atoms with van der Waals surface area (Å²) in [6, 6.07) is 5.76. The Hall–Kier alpha value is -2.30. The minimum absolute atomic E-state index is 0.0690. The minimum Gasteiger partial charge on any atom is -0.447 e. The van der Waals surface area contributed by atoms with Crippen molar-refractivity contribution in [1.82, 2.24) is 4.98 Å². The van der Waals surface area contributed by atoms with E-state index >= 15 is 0 Å². The highest BCUT2D eigenvalue weighted by Crippen LogP contribution is 2.20. The van der Waals surface area contributed by atoms with E-state index in [1.54, 1.807) is 6.20 Å². The summed E-state index contributed by atoms with van der Waals surface area (Å²) in [7, 11) is 0. The van der Waals surface area contributed by atoms with E-state index in [1.807, 2.05) is 25.1 Å². The first kappa shape index (κ1) is 12.2. The molecule has 0 saturated heterocycles. The highest BCUT2D eigenvalue weighted by molar-refractivity contribution is 5.89. The van der Waals surface area contributed by atoms with Crippen molar-refractivity contribution in [3.05, 3.63) is 42.1 Å². The van der Waals surface area contributed by atoms with Crippen molar-refractivity contribution in [2.45, 2.75) is 20.4 Å². The van der Waals surface area contributed by atoms with Crippen LogP contribution in [0.25, 0.3) is 0 Å². The third-order valence-electron chi connectivity index (χ3n) is 2.49. The SMILES string of the molecule is CC(=O)Nc1ccc(NCc2cnco2)cc1C. The lowest BCUT2D eigenvalue weighted by Crippen LogP contribution is -2.07. The van der Waals surface area contributed by atoms with E-state index < -0.39 is 0 Å². The van der Waals surface area contributed by atoms with Crippen molar-refractivity contribution < 1.29 is 9.21 Å². The molecule has 0 radical (unpaired) electrons.